The Balaban J connectivity index is 1.19. The maximum Gasteiger partial charge on any atom is 0.259 e. The van der Waals surface area contributed by atoms with Crippen molar-refractivity contribution in [2.24, 2.45) is 11.3 Å². The molecule has 5 atom stereocenters. The van der Waals surface area contributed by atoms with Crippen LogP contribution in [0.3, 0.4) is 0 Å². The van der Waals surface area contributed by atoms with Crippen LogP contribution in [-0.2, 0) is 24.4 Å². The van der Waals surface area contributed by atoms with Crippen LogP contribution < -0.4 is 24.8 Å². The predicted molar refractivity (Wildman–Crippen MR) is 222 cm³/mol. The van der Waals surface area contributed by atoms with Crippen molar-refractivity contribution in [3.8, 4) is 22.9 Å². The lowest BCUT2D eigenvalue weighted by Crippen LogP contribution is -2.58. The van der Waals surface area contributed by atoms with E-state index in [0.29, 0.717) is 55.3 Å². The molecule has 1 saturated heterocycles. The molecule has 1 aliphatic heterocycles. The number of carbonyl (C=O) groups excluding carboxylic acids is 3. The SMILES string of the molecule is C=C[C@@H]1C[C@]1(NC(=O)[C@@H]1C[C@@H](Oc2ncc(OC)c3ccc(Cl)cc23)CN1C(=O)[C@@H](Nc1nc(-c2ccc(Cl)c(Cl)c2)cs1)C(C)(C)C)C(=O)NS(=O)(=O)C1CC1. The van der Waals surface area contributed by atoms with E-state index in [1.807, 2.05) is 26.2 Å². The van der Waals surface area contributed by atoms with E-state index in [0.717, 1.165) is 5.56 Å². The molecule has 0 unspecified atom stereocenters. The van der Waals surface area contributed by atoms with Crippen LogP contribution in [0.5, 0.6) is 11.6 Å². The molecular formula is C39H41Cl3N6O7S2. The number of likely N-dealkylation sites (tertiary alicyclic amines) is 1. The number of aromatic nitrogens is 2. The summed E-state index contributed by atoms with van der Waals surface area (Å²) in [7, 11) is -2.38. The first kappa shape index (κ1) is 41.0. The smallest absolute Gasteiger partial charge is 0.259 e. The van der Waals surface area contributed by atoms with Crippen molar-refractivity contribution in [3.63, 3.8) is 0 Å². The zero-order valence-corrected chi connectivity index (χ0v) is 35.4. The second kappa shape index (κ2) is 15.6. The molecule has 3 aliphatic rings. The summed E-state index contributed by atoms with van der Waals surface area (Å²) in [6, 6.07) is 8.39. The van der Waals surface area contributed by atoms with Gasteiger partial charge >= 0.3 is 0 Å². The molecule has 3 heterocycles. The number of benzene rings is 2. The molecule has 302 valence electrons. The van der Waals surface area contributed by atoms with Crippen LogP contribution in [0.2, 0.25) is 15.1 Å². The van der Waals surface area contributed by atoms with Gasteiger partial charge in [0, 0.05) is 39.1 Å². The molecule has 4 aromatic rings. The zero-order chi connectivity index (χ0) is 41.0. The lowest BCUT2D eigenvalue weighted by Gasteiger charge is -2.35. The Kier molecular flexibility index (Phi) is 11.2. The number of fused-ring (bicyclic) bond motifs is 1. The average Bonchev–Trinajstić information content (AvgIpc) is 4.05. The first-order chi connectivity index (χ1) is 26.9. The molecule has 3 fully saturated rings. The maximum atomic E-state index is 14.9. The third-order valence-corrected chi connectivity index (χ3v) is 14.0. The number of nitrogens with zero attached hydrogens (tertiary/aromatic N) is 3. The fraction of sp³-hybridized carbons (Fsp3) is 0.410. The van der Waals surface area contributed by atoms with Gasteiger partial charge in [0.05, 0.1) is 40.8 Å². The van der Waals surface area contributed by atoms with Gasteiger partial charge in [-0.2, -0.15) is 0 Å². The van der Waals surface area contributed by atoms with Crippen LogP contribution >= 0.6 is 46.1 Å². The van der Waals surface area contributed by atoms with Crippen LogP contribution in [0.15, 0.2) is 60.6 Å². The average molecular weight is 876 g/mol. The number of rotatable bonds is 13. The fourth-order valence-corrected chi connectivity index (χ4v) is 9.62. The number of amides is 3. The molecule has 0 spiro atoms. The molecule has 2 aromatic heterocycles. The van der Waals surface area contributed by atoms with Gasteiger partial charge < -0.3 is 25.0 Å². The van der Waals surface area contributed by atoms with Crippen LogP contribution in [0, 0.1) is 11.3 Å². The van der Waals surface area contributed by atoms with Gasteiger partial charge in [-0.05, 0) is 55.0 Å². The summed E-state index contributed by atoms with van der Waals surface area (Å²) in [6.07, 6.45) is 3.39. The Morgan fingerprint density at radius 2 is 1.84 bits per heavy atom. The number of hydrogen-bond donors (Lipinski definition) is 3. The first-order valence-corrected chi connectivity index (χ1v) is 21.8. The largest absolute Gasteiger partial charge is 0.494 e. The van der Waals surface area contributed by atoms with E-state index in [9.17, 15) is 22.8 Å². The molecule has 57 heavy (non-hydrogen) atoms. The van der Waals surface area contributed by atoms with Crippen molar-refractivity contribution in [2.45, 2.75) is 75.4 Å². The normalized spacial score (nSPS) is 22.4. The number of hydrogen-bond acceptors (Lipinski definition) is 11. The van der Waals surface area contributed by atoms with E-state index >= 15 is 0 Å². The van der Waals surface area contributed by atoms with E-state index in [-0.39, 0.29) is 25.3 Å². The van der Waals surface area contributed by atoms with Gasteiger partial charge in [0.25, 0.3) is 5.91 Å². The Morgan fingerprint density at radius 3 is 2.49 bits per heavy atom. The standard InChI is InChI=1S/C39H41Cl3N6O7S2/c1-6-21-16-39(21,36(51)47-57(52,53)24-9-10-24)46-33(49)30-15-23(55-34-26-14-22(40)8-11-25(26)31(54-5)17-43-34)18-48(30)35(50)32(38(2,3)4)45-37-44-29(19-56-37)20-7-12-27(41)28(42)13-20/h6-8,11-14,17,19,21,23-24,30,32H,1,9-10,15-16,18H2,2-5H3,(H,44,45)(H,46,49)(H,47,51)/t21-,23-,30+,32-,39-/m1/s1. The number of thiazole rings is 1. The van der Waals surface area contributed by atoms with Gasteiger partial charge in [-0.25, -0.2) is 18.4 Å². The quantitative estimate of drug-likeness (QED) is 0.121. The molecule has 0 radical (unpaired) electrons. The highest BCUT2D eigenvalue weighted by Gasteiger charge is 2.62. The van der Waals surface area contributed by atoms with Gasteiger partial charge in [0.1, 0.15) is 29.5 Å². The lowest BCUT2D eigenvalue weighted by molar-refractivity contribution is -0.141. The van der Waals surface area contributed by atoms with Crippen molar-refractivity contribution in [1.29, 1.82) is 0 Å². The Hall–Kier alpha value is -4.15. The molecule has 3 amide bonds. The highest BCUT2D eigenvalue weighted by molar-refractivity contribution is 7.91. The van der Waals surface area contributed by atoms with Gasteiger partial charge in [0.15, 0.2) is 5.13 Å². The molecule has 0 bridgehead atoms. The number of pyridine rings is 1. The van der Waals surface area contributed by atoms with Crippen molar-refractivity contribution in [1.82, 2.24) is 24.9 Å². The number of halogens is 3. The van der Waals surface area contributed by atoms with Crippen molar-refractivity contribution < 1.29 is 32.3 Å². The van der Waals surface area contributed by atoms with Gasteiger partial charge in [-0.15, -0.1) is 17.9 Å². The molecule has 3 N–H and O–H groups in total. The zero-order valence-electron chi connectivity index (χ0n) is 31.5. The maximum absolute atomic E-state index is 14.9. The summed E-state index contributed by atoms with van der Waals surface area (Å²) in [5, 5.41) is 10.3. The van der Waals surface area contributed by atoms with Gasteiger partial charge in [-0.1, -0.05) is 67.7 Å². The van der Waals surface area contributed by atoms with Crippen molar-refractivity contribution in [2.75, 3.05) is 19.0 Å². The first-order valence-electron chi connectivity index (χ1n) is 18.2. The van der Waals surface area contributed by atoms with Crippen LogP contribution in [0.1, 0.15) is 46.5 Å². The molecule has 2 aliphatic carbocycles. The second-order valence-electron chi connectivity index (χ2n) is 15.6. The van der Waals surface area contributed by atoms with Crippen LogP contribution in [-0.4, -0.2) is 83.6 Å². The number of nitrogens with one attached hydrogen (secondary N) is 3. The molecule has 2 saturated carbocycles. The number of ether oxygens (including phenoxy) is 2. The number of sulfonamides is 1. The summed E-state index contributed by atoms with van der Waals surface area (Å²) in [6.45, 7) is 9.46. The Labute approximate surface area is 349 Å². The number of anilines is 1. The summed E-state index contributed by atoms with van der Waals surface area (Å²) in [5.74, 6) is -1.68. The van der Waals surface area contributed by atoms with E-state index in [4.69, 9.17) is 49.3 Å². The topological polar surface area (TPSA) is 169 Å². The minimum Gasteiger partial charge on any atom is -0.494 e. The molecular weight excluding hydrogens is 835 g/mol. The van der Waals surface area contributed by atoms with Crippen LogP contribution in [0.4, 0.5) is 5.13 Å². The molecule has 2 aromatic carbocycles. The minimum atomic E-state index is -3.91. The highest BCUT2D eigenvalue weighted by Crippen LogP contribution is 2.46. The van der Waals surface area contributed by atoms with Gasteiger partial charge in [-0.3, -0.25) is 19.1 Å². The summed E-state index contributed by atoms with van der Waals surface area (Å²) >= 11 is 20.1. The van der Waals surface area contributed by atoms with Crippen molar-refractivity contribution in [3.05, 3.63) is 75.7 Å². The van der Waals surface area contributed by atoms with E-state index in [1.165, 1.54) is 35.6 Å². The van der Waals surface area contributed by atoms with E-state index < -0.39 is 68.1 Å². The molecule has 18 heteroatoms. The monoisotopic (exact) mass is 874 g/mol. The summed E-state index contributed by atoms with van der Waals surface area (Å²) < 4.78 is 39.7. The number of methoxy groups -OCH3 is 1. The number of carbonyl (C=O) groups is 3. The lowest BCUT2D eigenvalue weighted by atomic mass is 9.85. The van der Waals surface area contributed by atoms with E-state index in [1.54, 1.807) is 36.4 Å². The fourth-order valence-electron chi connectivity index (χ4n) is 7.04. The van der Waals surface area contributed by atoms with Crippen LogP contribution in [0.25, 0.3) is 22.0 Å². The third kappa shape index (κ3) is 8.40. The molecule has 13 nitrogen and oxygen atoms in total. The highest BCUT2D eigenvalue weighted by atomic mass is 35.5. The summed E-state index contributed by atoms with van der Waals surface area (Å²) in [5.41, 5.74) is -0.881. The third-order valence-electron chi connectivity index (χ3n) is 10.5. The Bertz CT molecular complexity index is 2380. The Morgan fingerprint density at radius 1 is 1.09 bits per heavy atom. The second-order valence-corrected chi connectivity index (χ2v) is 19.7. The predicted octanol–water partition coefficient (Wildman–Crippen LogP) is 6.87. The molecule has 7 rings (SSSR count). The summed E-state index contributed by atoms with van der Waals surface area (Å²) in [4.78, 5) is 53.6. The van der Waals surface area contributed by atoms with Crippen molar-refractivity contribution >= 4 is 89.8 Å². The minimum absolute atomic E-state index is 0.0204. The van der Waals surface area contributed by atoms with E-state index in [2.05, 4.69) is 26.9 Å². The van der Waals surface area contributed by atoms with Gasteiger partial charge in [0.2, 0.25) is 27.7 Å².